The Labute approximate surface area is 143 Å². The number of carbonyl (C=O) groups is 3. The third-order valence-corrected chi connectivity index (χ3v) is 4.07. The van der Waals surface area contributed by atoms with Gasteiger partial charge in [0, 0.05) is 37.2 Å². The Hall–Kier alpha value is -2.97. The fraction of sp³-hybridized carbons (Fsp3) is 0.438. The van der Waals surface area contributed by atoms with Crippen LogP contribution in [0.2, 0.25) is 0 Å². The van der Waals surface area contributed by atoms with E-state index in [-0.39, 0.29) is 30.1 Å². The van der Waals surface area contributed by atoms with Crippen LogP contribution in [0.1, 0.15) is 36.0 Å². The van der Waals surface area contributed by atoms with Crippen molar-refractivity contribution >= 4 is 23.5 Å². The van der Waals surface area contributed by atoms with E-state index in [1.54, 1.807) is 0 Å². The summed E-state index contributed by atoms with van der Waals surface area (Å²) in [5.74, 6) is -1.77. The molecule has 0 saturated carbocycles. The van der Waals surface area contributed by atoms with Crippen LogP contribution < -0.4 is 5.32 Å². The SMILES string of the molecule is O=C(NCCC(=O)N1CCCCC1C(=O)O)c1ccc([N+](=O)[O-])cc1. The van der Waals surface area contributed by atoms with Gasteiger partial charge in [-0.3, -0.25) is 19.7 Å². The van der Waals surface area contributed by atoms with Gasteiger partial charge in [-0.1, -0.05) is 0 Å². The smallest absolute Gasteiger partial charge is 0.326 e. The Morgan fingerprint density at radius 2 is 1.92 bits per heavy atom. The van der Waals surface area contributed by atoms with Crippen molar-refractivity contribution < 1.29 is 24.4 Å². The molecule has 0 aromatic heterocycles. The van der Waals surface area contributed by atoms with E-state index in [1.807, 2.05) is 0 Å². The lowest BCUT2D eigenvalue weighted by atomic mass is 10.0. The molecule has 134 valence electrons. The Kier molecular flexibility index (Phi) is 6.04. The molecule has 1 heterocycles. The minimum Gasteiger partial charge on any atom is -0.480 e. The molecular weight excluding hydrogens is 330 g/mol. The number of benzene rings is 1. The number of hydrogen-bond donors (Lipinski definition) is 2. The van der Waals surface area contributed by atoms with Crippen molar-refractivity contribution in [2.75, 3.05) is 13.1 Å². The monoisotopic (exact) mass is 349 g/mol. The minimum absolute atomic E-state index is 0.00248. The van der Waals surface area contributed by atoms with Crippen molar-refractivity contribution in [2.45, 2.75) is 31.7 Å². The zero-order valence-corrected chi connectivity index (χ0v) is 13.5. The van der Waals surface area contributed by atoms with Crippen LogP contribution in [-0.2, 0) is 9.59 Å². The van der Waals surface area contributed by atoms with Gasteiger partial charge >= 0.3 is 5.97 Å². The molecule has 2 amide bonds. The first-order valence-electron chi connectivity index (χ1n) is 7.95. The number of nitro benzene ring substituents is 1. The van der Waals surface area contributed by atoms with E-state index in [9.17, 15) is 24.5 Å². The topological polar surface area (TPSA) is 130 Å². The van der Waals surface area contributed by atoms with Gasteiger partial charge in [-0.15, -0.1) is 0 Å². The number of carbonyl (C=O) groups excluding carboxylic acids is 2. The van der Waals surface area contributed by atoms with E-state index in [0.717, 1.165) is 12.8 Å². The maximum Gasteiger partial charge on any atom is 0.326 e. The number of piperidine rings is 1. The summed E-state index contributed by atoms with van der Waals surface area (Å²) < 4.78 is 0. The summed E-state index contributed by atoms with van der Waals surface area (Å²) in [7, 11) is 0. The first-order valence-corrected chi connectivity index (χ1v) is 7.95. The number of carboxylic acid groups (broad SMARTS) is 1. The van der Waals surface area contributed by atoms with Gasteiger partial charge in [-0.05, 0) is 31.4 Å². The molecule has 2 rings (SSSR count). The number of nitrogens with zero attached hydrogens (tertiary/aromatic N) is 2. The number of nitro groups is 1. The molecular formula is C16H19N3O6. The number of rotatable bonds is 6. The standard InChI is InChI=1S/C16H19N3O6/c20-14(18-10-2-1-3-13(18)16(22)23)8-9-17-15(21)11-4-6-12(7-5-11)19(24)25/h4-7,13H,1-3,8-10H2,(H,17,21)(H,22,23). The number of aliphatic carboxylic acids is 1. The zero-order valence-electron chi connectivity index (χ0n) is 13.5. The Bertz CT molecular complexity index is 673. The first-order chi connectivity index (χ1) is 11.9. The first kappa shape index (κ1) is 18.4. The van der Waals surface area contributed by atoms with Crippen molar-refractivity contribution in [1.29, 1.82) is 0 Å². The molecule has 0 spiro atoms. The average molecular weight is 349 g/mol. The lowest BCUT2D eigenvalue weighted by Gasteiger charge is -2.33. The molecule has 0 bridgehead atoms. The average Bonchev–Trinajstić information content (AvgIpc) is 2.61. The Morgan fingerprint density at radius 1 is 1.24 bits per heavy atom. The highest BCUT2D eigenvalue weighted by atomic mass is 16.6. The van der Waals surface area contributed by atoms with E-state index in [4.69, 9.17) is 5.11 Å². The van der Waals surface area contributed by atoms with E-state index < -0.39 is 22.8 Å². The highest BCUT2D eigenvalue weighted by molar-refractivity contribution is 5.94. The van der Waals surface area contributed by atoms with Crippen molar-refractivity contribution in [3.8, 4) is 0 Å². The van der Waals surface area contributed by atoms with Gasteiger partial charge in [-0.25, -0.2) is 4.79 Å². The van der Waals surface area contributed by atoms with Crippen LogP contribution in [0.4, 0.5) is 5.69 Å². The molecule has 2 N–H and O–H groups in total. The number of non-ortho nitro benzene ring substituents is 1. The van der Waals surface area contributed by atoms with E-state index in [2.05, 4.69) is 5.32 Å². The van der Waals surface area contributed by atoms with Gasteiger partial charge in [0.05, 0.1) is 4.92 Å². The predicted molar refractivity (Wildman–Crippen MR) is 87.0 cm³/mol. The molecule has 1 aromatic rings. The van der Waals surface area contributed by atoms with E-state index in [0.29, 0.717) is 13.0 Å². The second-order valence-corrected chi connectivity index (χ2v) is 5.75. The minimum atomic E-state index is -1.01. The molecule has 25 heavy (non-hydrogen) atoms. The largest absolute Gasteiger partial charge is 0.480 e. The van der Waals surface area contributed by atoms with Gasteiger partial charge in [0.1, 0.15) is 6.04 Å². The third-order valence-electron chi connectivity index (χ3n) is 4.07. The summed E-state index contributed by atoms with van der Waals surface area (Å²) in [6.45, 7) is 0.476. The van der Waals surface area contributed by atoms with Crippen molar-refractivity contribution in [3.05, 3.63) is 39.9 Å². The molecule has 1 atom stereocenters. The highest BCUT2D eigenvalue weighted by Gasteiger charge is 2.31. The lowest BCUT2D eigenvalue weighted by molar-refractivity contribution is -0.384. The highest BCUT2D eigenvalue weighted by Crippen LogP contribution is 2.18. The summed E-state index contributed by atoms with van der Waals surface area (Å²) >= 11 is 0. The summed E-state index contributed by atoms with van der Waals surface area (Å²) in [6, 6.07) is 4.32. The normalized spacial score (nSPS) is 17.0. The van der Waals surface area contributed by atoms with Crippen LogP contribution in [0.25, 0.3) is 0 Å². The predicted octanol–water partition coefficient (Wildman–Crippen LogP) is 1.18. The Morgan fingerprint density at radius 3 is 2.52 bits per heavy atom. The zero-order chi connectivity index (χ0) is 18.4. The van der Waals surface area contributed by atoms with Crippen LogP contribution in [0.15, 0.2) is 24.3 Å². The van der Waals surface area contributed by atoms with Crippen LogP contribution in [0, 0.1) is 10.1 Å². The molecule has 9 heteroatoms. The number of likely N-dealkylation sites (tertiary alicyclic amines) is 1. The van der Waals surface area contributed by atoms with Crippen LogP contribution in [0.3, 0.4) is 0 Å². The summed E-state index contributed by atoms with van der Waals surface area (Å²) in [6.07, 6.45) is 1.99. The molecule has 1 unspecified atom stereocenters. The Balaban J connectivity index is 1.84. The van der Waals surface area contributed by atoms with Crippen LogP contribution >= 0.6 is 0 Å². The third kappa shape index (κ3) is 4.75. The molecule has 1 saturated heterocycles. The van der Waals surface area contributed by atoms with Crippen molar-refractivity contribution in [2.24, 2.45) is 0 Å². The quantitative estimate of drug-likeness (QED) is 0.586. The van der Waals surface area contributed by atoms with Gasteiger partial charge in [0.2, 0.25) is 5.91 Å². The number of carboxylic acids is 1. The fourth-order valence-corrected chi connectivity index (χ4v) is 2.75. The van der Waals surface area contributed by atoms with E-state index in [1.165, 1.54) is 29.2 Å². The van der Waals surface area contributed by atoms with Gasteiger partial charge in [0.25, 0.3) is 11.6 Å². The fourth-order valence-electron chi connectivity index (χ4n) is 2.75. The van der Waals surface area contributed by atoms with E-state index >= 15 is 0 Å². The summed E-state index contributed by atoms with van der Waals surface area (Å²) in [5.41, 5.74) is 0.135. The summed E-state index contributed by atoms with van der Waals surface area (Å²) in [5, 5.41) is 22.3. The number of amides is 2. The van der Waals surface area contributed by atoms with Gasteiger partial charge < -0.3 is 15.3 Å². The molecule has 1 aliphatic heterocycles. The number of nitrogens with one attached hydrogen (secondary N) is 1. The molecule has 1 aromatic carbocycles. The van der Waals surface area contributed by atoms with Gasteiger partial charge in [0.15, 0.2) is 0 Å². The molecule has 1 fully saturated rings. The number of hydrogen-bond acceptors (Lipinski definition) is 5. The maximum atomic E-state index is 12.2. The lowest BCUT2D eigenvalue weighted by Crippen LogP contribution is -2.48. The molecule has 0 aliphatic carbocycles. The second kappa shape index (κ2) is 8.22. The summed E-state index contributed by atoms with van der Waals surface area (Å²) in [4.78, 5) is 46.7. The molecule has 1 aliphatic rings. The van der Waals surface area contributed by atoms with Gasteiger partial charge in [-0.2, -0.15) is 0 Å². The van der Waals surface area contributed by atoms with Crippen LogP contribution in [-0.4, -0.2) is 51.8 Å². The van der Waals surface area contributed by atoms with Crippen LogP contribution in [0.5, 0.6) is 0 Å². The van der Waals surface area contributed by atoms with Crippen molar-refractivity contribution in [1.82, 2.24) is 10.2 Å². The van der Waals surface area contributed by atoms with Crippen molar-refractivity contribution in [3.63, 3.8) is 0 Å². The molecule has 9 nitrogen and oxygen atoms in total. The maximum absolute atomic E-state index is 12.2. The second-order valence-electron chi connectivity index (χ2n) is 5.75. The molecule has 0 radical (unpaired) electrons.